The molecule has 0 bridgehead atoms. The first-order valence-electron chi connectivity index (χ1n) is 7.77. The molecule has 0 aliphatic heterocycles. The number of nitrogens with zero attached hydrogens (tertiary/aromatic N) is 3. The van der Waals surface area contributed by atoms with Gasteiger partial charge in [0.15, 0.2) is 0 Å². The van der Waals surface area contributed by atoms with Crippen molar-refractivity contribution < 1.29 is 9.53 Å². The molecule has 118 valence electrons. The highest BCUT2D eigenvalue weighted by Gasteiger charge is 2.39. The molecule has 1 aliphatic carbocycles. The van der Waals surface area contributed by atoms with Crippen molar-refractivity contribution in [2.75, 3.05) is 6.61 Å². The summed E-state index contributed by atoms with van der Waals surface area (Å²) in [7, 11) is 0. The molecule has 2 rings (SSSR count). The van der Waals surface area contributed by atoms with E-state index in [1.165, 1.54) is 0 Å². The van der Waals surface area contributed by atoms with Gasteiger partial charge in [0.05, 0.1) is 6.61 Å². The van der Waals surface area contributed by atoms with Gasteiger partial charge in [-0.05, 0) is 53.4 Å². The molecule has 1 aliphatic rings. The van der Waals surface area contributed by atoms with E-state index < -0.39 is 5.54 Å². The Morgan fingerprint density at radius 1 is 1.48 bits per heavy atom. The fourth-order valence-electron chi connectivity index (χ4n) is 2.56. The quantitative estimate of drug-likeness (QED) is 0.740. The number of aryl methyl sites for hydroxylation is 3. The molecule has 1 aromatic heterocycles. The Labute approximate surface area is 126 Å². The third-order valence-corrected chi connectivity index (χ3v) is 3.84. The molecule has 1 heterocycles. The Bertz CT molecular complexity index is 496. The van der Waals surface area contributed by atoms with Crippen LogP contribution in [0.15, 0.2) is 0 Å². The van der Waals surface area contributed by atoms with E-state index in [1.807, 2.05) is 32.4 Å². The van der Waals surface area contributed by atoms with Gasteiger partial charge in [-0.15, -0.1) is 0 Å². The zero-order valence-electron chi connectivity index (χ0n) is 13.5. The maximum absolute atomic E-state index is 12.2. The van der Waals surface area contributed by atoms with Crippen molar-refractivity contribution in [1.82, 2.24) is 20.1 Å². The van der Waals surface area contributed by atoms with Crippen LogP contribution in [0, 0.1) is 13.8 Å². The number of carbonyl (C=O) groups is 1. The smallest absolute Gasteiger partial charge is 0.326 e. The molecular weight excluding hydrogens is 268 g/mol. The number of hydrogen-bond donors (Lipinski definition) is 1. The molecule has 1 saturated carbocycles. The van der Waals surface area contributed by atoms with E-state index in [-0.39, 0.29) is 5.97 Å². The van der Waals surface area contributed by atoms with E-state index in [0.29, 0.717) is 12.6 Å². The van der Waals surface area contributed by atoms with Gasteiger partial charge in [0.2, 0.25) is 0 Å². The molecular formula is C15H26N4O2. The first-order chi connectivity index (χ1) is 9.94. The molecule has 0 aromatic carbocycles. The van der Waals surface area contributed by atoms with Crippen molar-refractivity contribution in [3.63, 3.8) is 0 Å². The number of esters is 1. The molecule has 0 amide bonds. The first kappa shape index (κ1) is 15.9. The number of carbonyl (C=O) groups excluding carboxylic acids is 1. The highest BCUT2D eigenvalue weighted by molar-refractivity contribution is 5.80. The van der Waals surface area contributed by atoms with Crippen LogP contribution in [-0.2, 0) is 16.1 Å². The SMILES string of the molecule is CCOC(=O)C(C)(CCCn1nc(C)nc1C)NC1CC1. The van der Waals surface area contributed by atoms with Crippen LogP contribution in [0.2, 0.25) is 0 Å². The summed E-state index contributed by atoms with van der Waals surface area (Å²) in [4.78, 5) is 16.5. The van der Waals surface area contributed by atoms with Crippen LogP contribution in [0.25, 0.3) is 0 Å². The van der Waals surface area contributed by atoms with Crippen LogP contribution in [0.1, 0.15) is 51.2 Å². The normalized spacial score (nSPS) is 17.5. The van der Waals surface area contributed by atoms with E-state index >= 15 is 0 Å². The third-order valence-electron chi connectivity index (χ3n) is 3.84. The highest BCUT2D eigenvalue weighted by Crippen LogP contribution is 2.26. The van der Waals surface area contributed by atoms with E-state index in [4.69, 9.17) is 4.74 Å². The molecule has 0 saturated heterocycles. The van der Waals surface area contributed by atoms with E-state index in [0.717, 1.165) is 43.9 Å². The van der Waals surface area contributed by atoms with Crippen molar-refractivity contribution in [2.45, 2.75) is 71.5 Å². The lowest BCUT2D eigenvalue weighted by molar-refractivity contribution is -0.151. The monoisotopic (exact) mass is 294 g/mol. The molecule has 0 radical (unpaired) electrons. The van der Waals surface area contributed by atoms with Gasteiger partial charge in [-0.2, -0.15) is 5.10 Å². The van der Waals surface area contributed by atoms with Gasteiger partial charge in [0, 0.05) is 12.6 Å². The summed E-state index contributed by atoms with van der Waals surface area (Å²) in [5.74, 6) is 1.56. The summed E-state index contributed by atoms with van der Waals surface area (Å²) in [6.45, 7) is 8.82. The lowest BCUT2D eigenvalue weighted by Gasteiger charge is -2.28. The minimum atomic E-state index is -0.597. The summed E-state index contributed by atoms with van der Waals surface area (Å²) in [6.07, 6.45) is 3.89. The first-order valence-corrected chi connectivity index (χ1v) is 7.77. The van der Waals surface area contributed by atoms with E-state index in [9.17, 15) is 4.79 Å². The Balaban J connectivity index is 1.91. The fourth-order valence-corrected chi connectivity index (χ4v) is 2.56. The summed E-state index contributed by atoms with van der Waals surface area (Å²) in [6, 6.07) is 0.467. The molecule has 1 atom stereocenters. The van der Waals surface area contributed by atoms with E-state index in [1.54, 1.807) is 0 Å². The largest absolute Gasteiger partial charge is 0.465 e. The summed E-state index contributed by atoms with van der Waals surface area (Å²) >= 11 is 0. The van der Waals surface area contributed by atoms with Crippen LogP contribution in [0.5, 0.6) is 0 Å². The molecule has 1 aromatic rings. The van der Waals surface area contributed by atoms with Gasteiger partial charge in [-0.1, -0.05) is 0 Å². The van der Waals surface area contributed by atoms with E-state index in [2.05, 4.69) is 15.4 Å². The standard InChI is InChI=1S/C15H26N4O2/c1-5-21-14(20)15(4,17-13-7-8-13)9-6-10-19-12(3)16-11(2)18-19/h13,17H,5-10H2,1-4H3. The van der Waals surface area contributed by atoms with Crippen LogP contribution in [0.4, 0.5) is 0 Å². The Morgan fingerprint density at radius 2 is 2.19 bits per heavy atom. The van der Waals surface area contributed by atoms with Crippen molar-refractivity contribution in [3.05, 3.63) is 11.6 Å². The average molecular weight is 294 g/mol. The van der Waals surface area contributed by atoms with Gasteiger partial charge in [-0.3, -0.25) is 14.8 Å². The minimum Gasteiger partial charge on any atom is -0.465 e. The second-order valence-corrected chi connectivity index (χ2v) is 6.00. The molecule has 0 spiro atoms. The number of hydrogen-bond acceptors (Lipinski definition) is 5. The molecule has 6 heteroatoms. The topological polar surface area (TPSA) is 69.0 Å². The fraction of sp³-hybridized carbons (Fsp3) is 0.800. The molecule has 21 heavy (non-hydrogen) atoms. The van der Waals surface area contributed by atoms with Gasteiger partial charge >= 0.3 is 5.97 Å². The van der Waals surface area contributed by atoms with Gasteiger partial charge in [0.25, 0.3) is 0 Å². The predicted octanol–water partition coefficient (Wildman–Crippen LogP) is 1.75. The molecule has 1 fully saturated rings. The van der Waals surface area contributed by atoms with Crippen molar-refractivity contribution in [2.24, 2.45) is 0 Å². The van der Waals surface area contributed by atoms with Gasteiger partial charge < -0.3 is 4.74 Å². The average Bonchev–Trinajstić information content (AvgIpc) is 3.15. The zero-order valence-corrected chi connectivity index (χ0v) is 13.5. The van der Waals surface area contributed by atoms with Crippen LogP contribution >= 0.6 is 0 Å². The number of ether oxygens (including phenoxy) is 1. The number of aromatic nitrogens is 3. The molecule has 1 N–H and O–H groups in total. The Kier molecular flexibility index (Phi) is 4.98. The number of rotatable bonds is 8. The van der Waals surface area contributed by atoms with Gasteiger partial charge in [0.1, 0.15) is 17.2 Å². The number of nitrogens with one attached hydrogen (secondary N) is 1. The summed E-state index contributed by atoms with van der Waals surface area (Å²) in [5.41, 5.74) is -0.597. The second-order valence-electron chi connectivity index (χ2n) is 6.00. The Hall–Kier alpha value is -1.43. The van der Waals surface area contributed by atoms with Crippen molar-refractivity contribution >= 4 is 5.97 Å². The summed E-state index contributed by atoms with van der Waals surface area (Å²) in [5, 5.41) is 7.79. The minimum absolute atomic E-state index is 0.150. The summed E-state index contributed by atoms with van der Waals surface area (Å²) < 4.78 is 7.13. The second kappa shape index (κ2) is 6.56. The van der Waals surface area contributed by atoms with Crippen LogP contribution in [-0.4, -0.2) is 38.9 Å². The predicted molar refractivity (Wildman–Crippen MR) is 79.9 cm³/mol. The van der Waals surface area contributed by atoms with Crippen LogP contribution < -0.4 is 5.32 Å². The Morgan fingerprint density at radius 3 is 2.71 bits per heavy atom. The highest BCUT2D eigenvalue weighted by atomic mass is 16.5. The van der Waals surface area contributed by atoms with Gasteiger partial charge in [-0.25, -0.2) is 4.98 Å². The molecule has 6 nitrogen and oxygen atoms in total. The third kappa shape index (κ3) is 4.27. The maximum Gasteiger partial charge on any atom is 0.326 e. The zero-order chi connectivity index (χ0) is 15.5. The van der Waals surface area contributed by atoms with Crippen LogP contribution in [0.3, 0.4) is 0 Å². The lowest BCUT2D eigenvalue weighted by atomic mass is 9.95. The van der Waals surface area contributed by atoms with Crippen molar-refractivity contribution in [1.29, 1.82) is 0 Å². The van der Waals surface area contributed by atoms with Crippen molar-refractivity contribution in [3.8, 4) is 0 Å². The maximum atomic E-state index is 12.2. The molecule has 1 unspecified atom stereocenters. The lowest BCUT2D eigenvalue weighted by Crippen LogP contribution is -2.51.